The van der Waals surface area contributed by atoms with E-state index in [0.29, 0.717) is 5.92 Å². The van der Waals surface area contributed by atoms with Gasteiger partial charge in [-0.25, -0.2) is 9.98 Å². The fourth-order valence-electron chi connectivity index (χ4n) is 9.01. The van der Waals surface area contributed by atoms with Crippen molar-refractivity contribution < 1.29 is 4.42 Å². The van der Waals surface area contributed by atoms with Gasteiger partial charge < -0.3 is 9.73 Å². The van der Waals surface area contributed by atoms with E-state index in [1.807, 2.05) is 36.4 Å². The van der Waals surface area contributed by atoms with Crippen molar-refractivity contribution in [2.75, 3.05) is 0 Å². The Balaban J connectivity index is 1.13. The Hall–Kier alpha value is -7.30. The maximum Gasteiger partial charge on any atom is 0.170 e. The number of hydrogen-bond donors (Lipinski definition) is 1. The van der Waals surface area contributed by atoms with E-state index >= 15 is 0 Å². The Morgan fingerprint density at radius 1 is 0.466 bits per heavy atom. The maximum absolute atomic E-state index is 6.89. The first-order valence-electron chi connectivity index (χ1n) is 20.1. The molecule has 2 aliphatic rings. The van der Waals surface area contributed by atoms with E-state index in [-0.39, 0.29) is 0 Å². The molecule has 0 saturated carbocycles. The lowest BCUT2D eigenvalue weighted by atomic mass is 9.84. The molecule has 0 bridgehead atoms. The Morgan fingerprint density at radius 3 is 1.79 bits per heavy atom. The van der Waals surface area contributed by atoms with Gasteiger partial charge in [0, 0.05) is 38.9 Å². The van der Waals surface area contributed by atoms with Crippen molar-refractivity contribution >= 4 is 33.6 Å². The topological polar surface area (TPSA) is 49.9 Å². The van der Waals surface area contributed by atoms with E-state index in [1.54, 1.807) is 0 Å². The zero-order chi connectivity index (χ0) is 38.4. The summed E-state index contributed by atoms with van der Waals surface area (Å²) in [6, 6.07) is 69.2. The molecule has 0 spiro atoms. The van der Waals surface area contributed by atoms with Crippen LogP contribution in [0.4, 0.5) is 0 Å². The third-order valence-corrected chi connectivity index (χ3v) is 11.8. The van der Waals surface area contributed by atoms with Gasteiger partial charge in [0.15, 0.2) is 6.17 Å². The summed E-state index contributed by atoms with van der Waals surface area (Å²) < 4.78 is 6.89. The van der Waals surface area contributed by atoms with Gasteiger partial charge in [-0.05, 0) is 81.6 Å². The van der Waals surface area contributed by atoms with Gasteiger partial charge in [-0.1, -0.05) is 170 Å². The normalized spacial score (nSPS) is 15.2. The monoisotopic (exact) mass is 745 g/mol. The predicted molar refractivity (Wildman–Crippen MR) is 238 cm³/mol. The molecule has 1 N–H and O–H groups in total. The third kappa shape index (κ3) is 6.02. The van der Waals surface area contributed by atoms with Crippen LogP contribution in [0.5, 0.6) is 0 Å². The average molecular weight is 746 g/mol. The van der Waals surface area contributed by atoms with Gasteiger partial charge in [-0.15, -0.1) is 0 Å². The fourth-order valence-corrected chi connectivity index (χ4v) is 9.01. The second kappa shape index (κ2) is 14.3. The first-order chi connectivity index (χ1) is 28.7. The lowest BCUT2D eigenvalue weighted by molar-refractivity contribution is 0.668. The van der Waals surface area contributed by atoms with Crippen LogP contribution in [0.3, 0.4) is 0 Å². The number of fused-ring (bicyclic) bond motifs is 6. The minimum absolute atomic E-state index is 0.313. The number of hydrogen-bond acceptors (Lipinski definition) is 4. The molecular formula is C54H39N3O. The number of aliphatic imine (C=N–C) groups is 2. The Kier molecular flexibility index (Phi) is 8.40. The summed E-state index contributed by atoms with van der Waals surface area (Å²) in [4.78, 5) is 10.6. The first-order valence-corrected chi connectivity index (χ1v) is 20.1. The smallest absolute Gasteiger partial charge is 0.170 e. The summed E-state index contributed by atoms with van der Waals surface area (Å²) >= 11 is 0. The standard InChI is InChI=1S/C54H39N3O/c1-5-16-35(17-6-1)43-30-28-37-20-13-14-25-42(37)47-32-40(29-31-44(43)47)41-33-46(36-18-7-2-8-19-36)51-48(34-41)50-45(26-15-27-49(50)58-51)54-56-52(38-21-9-3-10-22-38)55-53(57-54)39-23-11-4-12-24-39/h1-27,29,31-34,43,54H,28,30H2,(H,55,56,57). The SMILES string of the molecule is c1ccc(C2=NC(c3cccc4oc5c(-c6ccccc6)cc(-c6ccc7c(c6)-c6ccccc6CCC7c6ccccc6)cc5c34)N=C(c3ccccc3)N2)cc1. The molecule has 1 aliphatic carbocycles. The van der Waals surface area contributed by atoms with Gasteiger partial charge in [-0.3, -0.25) is 0 Å². The molecule has 2 heterocycles. The summed E-state index contributed by atoms with van der Waals surface area (Å²) in [6.07, 6.45) is 1.60. The molecule has 0 amide bonds. The van der Waals surface area contributed by atoms with E-state index in [1.165, 1.54) is 33.4 Å². The Morgan fingerprint density at radius 2 is 1.09 bits per heavy atom. The van der Waals surface area contributed by atoms with Crippen LogP contribution in [-0.4, -0.2) is 11.7 Å². The van der Waals surface area contributed by atoms with E-state index in [2.05, 4.69) is 163 Å². The third-order valence-electron chi connectivity index (χ3n) is 11.8. The molecule has 1 aliphatic heterocycles. The highest BCUT2D eigenvalue weighted by Crippen LogP contribution is 2.46. The van der Waals surface area contributed by atoms with Crippen molar-refractivity contribution in [1.82, 2.24) is 5.32 Å². The van der Waals surface area contributed by atoms with Gasteiger partial charge >= 0.3 is 0 Å². The summed E-state index contributed by atoms with van der Waals surface area (Å²) in [7, 11) is 0. The van der Waals surface area contributed by atoms with Crippen molar-refractivity contribution in [3.63, 3.8) is 0 Å². The zero-order valence-electron chi connectivity index (χ0n) is 31.8. The highest BCUT2D eigenvalue weighted by molar-refractivity contribution is 6.17. The molecule has 0 fully saturated rings. The minimum Gasteiger partial charge on any atom is -0.455 e. The highest BCUT2D eigenvalue weighted by Gasteiger charge is 2.27. The number of furan rings is 1. The van der Waals surface area contributed by atoms with Gasteiger partial charge in [0.1, 0.15) is 22.8 Å². The molecule has 9 aromatic rings. The average Bonchev–Trinajstić information content (AvgIpc) is 3.60. The molecule has 8 aromatic carbocycles. The van der Waals surface area contributed by atoms with Crippen molar-refractivity contribution in [1.29, 1.82) is 0 Å². The summed E-state index contributed by atoms with van der Waals surface area (Å²) in [5.74, 6) is 1.89. The van der Waals surface area contributed by atoms with Crippen LogP contribution in [0.2, 0.25) is 0 Å². The number of amidine groups is 2. The van der Waals surface area contributed by atoms with E-state index in [0.717, 1.165) is 79.8 Å². The van der Waals surface area contributed by atoms with Gasteiger partial charge in [0.25, 0.3) is 0 Å². The molecule has 276 valence electrons. The van der Waals surface area contributed by atoms with Crippen molar-refractivity contribution in [2.24, 2.45) is 9.98 Å². The molecule has 0 saturated heterocycles. The highest BCUT2D eigenvalue weighted by atomic mass is 16.3. The van der Waals surface area contributed by atoms with Crippen LogP contribution in [0.1, 0.15) is 51.9 Å². The number of nitrogens with zero attached hydrogens (tertiary/aromatic N) is 2. The zero-order valence-corrected chi connectivity index (χ0v) is 31.8. The van der Waals surface area contributed by atoms with E-state index in [9.17, 15) is 0 Å². The molecule has 1 unspecified atom stereocenters. The van der Waals surface area contributed by atoms with Crippen LogP contribution < -0.4 is 5.32 Å². The second-order valence-electron chi connectivity index (χ2n) is 15.2. The summed E-state index contributed by atoms with van der Waals surface area (Å²) in [5.41, 5.74) is 15.9. The second-order valence-corrected chi connectivity index (χ2v) is 15.2. The fraction of sp³-hybridized carbons (Fsp3) is 0.0741. The van der Waals surface area contributed by atoms with Gasteiger partial charge in [-0.2, -0.15) is 0 Å². The lowest BCUT2D eigenvalue weighted by Gasteiger charge is -2.22. The van der Waals surface area contributed by atoms with E-state index < -0.39 is 6.17 Å². The van der Waals surface area contributed by atoms with Gasteiger partial charge in [0.2, 0.25) is 0 Å². The molecule has 1 atom stereocenters. The molecule has 58 heavy (non-hydrogen) atoms. The van der Waals surface area contributed by atoms with Crippen LogP contribution >= 0.6 is 0 Å². The summed E-state index contributed by atoms with van der Waals surface area (Å²) in [6.45, 7) is 0. The quantitative estimate of drug-likeness (QED) is 0.184. The van der Waals surface area contributed by atoms with Crippen LogP contribution in [0, 0.1) is 0 Å². The van der Waals surface area contributed by atoms with E-state index in [4.69, 9.17) is 14.4 Å². The number of benzene rings is 8. The molecule has 0 radical (unpaired) electrons. The molecule has 1 aromatic heterocycles. The van der Waals surface area contributed by atoms with Gasteiger partial charge in [0.05, 0.1) is 0 Å². The van der Waals surface area contributed by atoms with Crippen LogP contribution in [0.15, 0.2) is 209 Å². The Labute approximate surface area is 337 Å². The van der Waals surface area contributed by atoms with Crippen LogP contribution in [0.25, 0.3) is 55.3 Å². The number of nitrogens with one attached hydrogen (secondary N) is 1. The predicted octanol–water partition coefficient (Wildman–Crippen LogP) is 13.2. The number of rotatable bonds is 6. The molecule has 4 heteroatoms. The molecule has 11 rings (SSSR count). The molecular weight excluding hydrogens is 707 g/mol. The summed E-state index contributed by atoms with van der Waals surface area (Å²) in [5, 5.41) is 5.63. The lowest BCUT2D eigenvalue weighted by Crippen LogP contribution is -2.36. The first kappa shape index (κ1) is 34.0. The van der Waals surface area contributed by atoms with Crippen LogP contribution in [-0.2, 0) is 6.42 Å². The molecule has 4 nitrogen and oxygen atoms in total. The van der Waals surface area contributed by atoms with Crippen molar-refractivity contribution in [3.05, 3.63) is 228 Å². The maximum atomic E-state index is 6.89. The largest absolute Gasteiger partial charge is 0.455 e. The Bertz CT molecular complexity index is 2970. The van der Waals surface area contributed by atoms with Crippen molar-refractivity contribution in [3.8, 4) is 33.4 Å². The van der Waals surface area contributed by atoms with Crippen molar-refractivity contribution in [2.45, 2.75) is 24.9 Å². The minimum atomic E-state index is -0.501. The number of aryl methyl sites for hydroxylation is 1.